The Morgan fingerprint density at radius 3 is 3.04 bits per heavy atom. The molecule has 1 amide bonds. The third-order valence-corrected chi connectivity index (χ3v) is 4.45. The number of benzene rings is 1. The first-order valence-corrected chi connectivity index (χ1v) is 8.44. The summed E-state index contributed by atoms with van der Waals surface area (Å²) in [5.41, 5.74) is 3.08. The minimum atomic E-state index is -0.411. The molecule has 0 spiro atoms. The standard InChI is InChI=1S/C16H19N3O3S/c20-14-7-17-5-11(14)6-18-16(21)13-3-1-2-4-15(13)22-8-12-9-23-10-19-12/h1-4,9-11,14,17,20H,5-8H2,(H,18,21). The number of rotatable bonds is 6. The van der Waals surface area contributed by atoms with E-state index in [2.05, 4.69) is 15.6 Å². The van der Waals surface area contributed by atoms with Crippen molar-refractivity contribution in [2.24, 2.45) is 5.92 Å². The summed E-state index contributed by atoms with van der Waals surface area (Å²) >= 11 is 1.51. The fourth-order valence-electron chi connectivity index (χ4n) is 2.49. The van der Waals surface area contributed by atoms with Crippen LogP contribution in [0.5, 0.6) is 5.75 Å². The van der Waals surface area contributed by atoms with Crippen LogP contribution in [0.2, 0.25) is 0 Å². The van der Waals surface area contributed by atoms with Crippen molar-refractivity contribution in [2.75, 3.05) is 19.6 Å². The molecule has 0 bridgehead atoms. The van der Waals surface area contributed by atoms with Gasteiger partial charge in [-0.05, 0) is 12.1 Å². The fourth-order valence-corrected chi connectivity index (χ4v) is 3.03. The van der Waals surface area contributed by atoms with Crippen LogP contribution >= 0.6 is 11.3 Å². The molecule has 1 aromatic heterocycles. The highest BCUT2D eigenvalue weighted by Crippen LogP contribution is 2.19. The smallest absolute Gasteiger partial charge is 0.255 e. The molecule has 2 unspecified atom stereocenters. The zero-order chi connectivity index (χ0) is 16.1. The Kier molecular flexibility index (Phi) is 5.22. The first-order valence-electron chi connectivity index (χ1n) is 7.50. The van der Waals surface area contributed by atoms with Crippen molar-refractivity contribution in [3.05, 3.63) is 46.4 Å². The predicted molar refractivity (Wildman–Crippen MR) is 87.6 cm³/mol. The summed E-state index contributed by atoms with van der Waals surface area (Å²) in [5, 5.41) is 17.7. The second-order valence-corrected chi connectivity index (χ2v) is 6.18. The number of nitrogens with zero attached hydrogens (tertiary/aromatic N) is 1. The van der Waals surface area contributed by atoms with Gasteiger partial charge in [0, 0.05) is 30.9 Å². The maximum absolute atomic E-state index is 12.4. The van der Waals surface area contributed by atoms with Crippen LogP contribution in [0, 0.1) is 5.92 Å². The Morgan fingerprint density at radius 2 is 2.30 bits per heavy atom. The first kappa shape index (κ1) is 15.9. The largest absolute Gasteiger partial charge is 0.486 e. The molecule has 6 nitrogen and oxygen atoms in total. The van der Waals surface area contributed by atoms with Gasteiger partial charge in [-0.3, -0.25) is 4.79 Å². The van der Waals surface area contributed by atoms with Gasteiger partial charge in [0.2, 0.25) is 0 Å². The van der Waals surface area contributed by atoms with Crippen LogP contribution in [-0.4, -0.2) is 41.7 Å². The third kappa shape index (κ3) is 4.07. The van der Waals surface area contributed by atoms with Crippen molar-refractivity contribution in [2.45, 2.75) is 12.7 Å². The lowest BCUT2D eigenvalue weighted by molar-refractivity contribution is 0.0922. The Bertz CT molecular complexity index is 648. The van der Waals surface area contributed by atoms with Gasteiger partial charge in [0.15, 0.2) is 0 Å². The molecular weight excluding hydrogens is 314 g/mol. The van der Waals surface area contributed by atoms with E-state index in [1.165, 1.54) is 11.3 Å². The zero-order valence-corrected chi connectivity index (χ0v) is 13.4. The van der Waals surface area contributed by atoms with E-state index in [1.54, 1.807) is 23.7 Å². The van der Waals surface area contributed by atoms with Gasteiger partial charge < -0.3 is 20.5 Å². The van der Waals surface area contributed by atoms with Crippen molar-refractivity contribution < 1.29 is 14.6 Å². The van der Waals surface area contributed by atoms with E-state index < -0.39 is 6.10 Å². The van der Waals surface area contributed by atoms with Crippen molar-refractivity contribution in [3.63, 3.8) is 0 Å². The van der Waals surface area contributed by atoms with Crippen LogP contribution in [0.3, 0.4) is 0 Å². The van der Waals surface area contributed by atoms with E-state index in [-0.39, 0.29) is 11.8 Å². The van der Waals surface area contributed by atoms with E-state index in [0.717, 1.165) is 5.69 Å². The number of hydrogen-bond donors (Lipinski definition) is 3. The molecule has 1 aromatic carbocycles. The van der Waals surface area contributed by atoms with Crippen LogP contribution in [0.1, 0.15) is 16.1 Å². The fraction of sp³-hybridized carbons (Fsp3) is 0.375. The van der Waals surface area contributed by atoms with Crippen LogP contribution in [0.15, 0.2) is 35.2 Å². The lowest BCUT2D eigenvalue weighted by Crippen LogP contribution is -2.34. The quantitative estimate of drug-likeness (QED) is 0.735. The van der Waals surface area contributed by atoms with Gasteiger partial charge in [-0.25, -0.2) is 4.98 Å². The number of para-hydroxylation sites is 1. The number of β-amino-alcohol motifs (C(OH)–C–C–N with tert-alkyl or cyclic N) is 1. The average molecular weight is 333 g/mol. The molecule has 1 fully saturated rings. The second kappa shape index (κ2) is 7.54. The number of thiazole rings is 1. The minimum absolute atomic E-state index is 0.0436. The third-order valence-electron chi connectivity index (χ3n) is 3.82. The molecule has 0 saturated carbocycles. The monoisotopic (exact) mass is 333 g/mol. The minimum Gasteiger partial charge on any atom is -0.486 e. The summed E-state index contributed by atoms with van der Waals surface area (Å²) < 4.78 is 5.72. The maximum Gasteiger partial charge on any atom is 0.255 e. The maximum atomic E-state index is 12.4. The highest BCUT2D eigenvalue weighted by molar-refractivity contribution is 7.07. The molecule has 2 heterocycles. The van der Waals surface area contributed by atoms with Crippen molar-refractivity contribution >= 4 is 17.2 Å². The summed E-state index contributed by atoms with van der Waals surface area (Å²) in [7, 11) is 0. The Hall–Kier alpha value is -1.96. The number of amides is 1. The molecule has 23 heavy (non-hydrogen) atoms. The number of ether oxygens (including phenoxy) is 1. The number of carbonyl (C=O) groups excluding carboxylic acids is 1. The van der Waals surface area contributed by atoms with E-state index in [4.69, 9.17) is 4.74 Å². The molecule has 1 aliphatic heterocycles. The highest BCUT2D eigenvalue weighted by Gasteiger charge is 2.25. The van der Waals surface area contributed by atoms with Crippen LogP contribution in [0.4, 0.5) is 0 Å². The van der Waals surface area contributed by atoms with Gasteiger partial charge in [-0.15, -0.1) is 11.3 Å². The van der Waals surface area contributed by atoms with Gasteiger partial charge >= 0.3 is 0 Å². The number of hydrogen-bond acceptors (Lipinski definition) is 6. The lowest BCUT2D eigenvalue weighted by atomic mass is 10.1. The molecule has 0 radical (unpaired) electrons. The van der Waals surface area contributed by atoms with Crippen LogP contribution in [0.25, 0.3) is 0 Å². The van der Waals surface area contributed by atoms with Crippen molar-refractivity contribution in [3.8, 4) is 5.75 Å². The molecule has 122 valence electrons. The molecular formula is C16H19N3O3S. The molecule has 3 N–H and O–H groups in total. The van der Waals surface area contributed by atoms with Crippen molar-refractivity contribution in [1.29, 1.82) is 0 Å². The van der Waals surface area contributed by atoms with Crippen molar-refractivity contribution in [1.82, 2.24) is 15.6 Å². The molecule has 1 aliphatic rings. The SMILES string of the molecule is O=C(NCC1CNCC1O)c1ccccc1OCc1cscn1. The number of aliphatic hydroxyl groups is 1. The number of aliphatic hydroxyl groups excluding tert-OH is 1. The Labute approximate surface area is 138 Å². The Morgan fingerprint density at radius 1 is 1.43 bits per heavy atom. The summed E-state index contributed by atoms with van der Waals surface area (Å²) in [6, 6.07) is 7.14. The first-order chi connectivity index (χ1) is 11.2. The van der Waals surface area contributed by atoms with E-state index in [9.17, 15) is 9.90 Å². The van der Waals surface area contributed by atoms with Gasteiger partial charge in [-0.2, -0.15) is 0 Å². The molecule has 3 rings (SSSR count). The molecule has 1 saturated heterocycles. The van der Waals surface area contributed by atoms with Gasteiger partial charge in [-0.1, -0.05) is 12.1 Å². The van der Waals surface area contributed by atoms with E-state index in [1.807, 2.05) is 11.4 Å². The summed E-state index contributed by atoms with van der Waals surface area (Å²) in [6.07, 6.45) is -0.411. The number of aromatic nitrogens is 1. The van der Waals surface area contributed by atoms with Gasteiger partial charge in [0.25, 0.3) is 5.91 Å². The molecule has 0 aliphatic carbocycles. The predicted octanol–water partition coefficient (Wildman–Crippen LogP) is 1.03. The highest BCUT2D eigenvalue weighted by atomic mass is 32.1. The normalized spacial score (nSPS) is 20.4. The average Bonchev–Trinajstić information content (AvgIpc) is 3.22. The second-order valence-electron chi connectivity index (χ2n) is 5.46. The van der Waals surface area contributed by atoms with Gasteiger partial charge in [0.1, 0.15) is 12.4 Å². The molecule has 2 aromatic rings. The summed E-state index contributed by atoms with van der Waals surface area (Å²) in [4.78, 5) is 16.5. The topological polar surface area (TPSA) is 83.5 Å². The Balaban J connectivity index is 1.60. The zero-order valence-electron chi connectivity index (χ0n) is 12.6. The lowest BCUT2D eigenvalue weighted by Gasteiger charge is -2.15. The summed E-state index contributed by atoms with van der Waals surface area (Å²) in [6.45, 7) is 2.06. The van der Waals surface area contributed by atoms with E-state index >= 15 is 0 Å². The van der Waals surface area contributed by atoms with Crippen LogP contribution < -0.4 is 15.4 Å². The van der Waals surface area contributed by atoms with Gasteiger partial charge in [0.05, 0.1) is 22.9 Å². The van der Waals surface area contributed by atoms with Crippen LogP contribution in [-0.2, 0) is 6.61 Å². The number of nitrogens with one attached hydrogen (secondary N) is 2. The number of carbonyl (C=O) groups is 1. The molecule has 2 atom stereocenters. The summed E-state index contributed by atoms with van der Waals surface area (Å²) in [5.74, 6) is 0.378. The molecule has 7 heteroatoms. The van der Waals surface area contributed by atoms with E-state index in [0.29, 0.717) is 37.6 Å².